The fourth-order valence-electron chi connectivity index (χ4n) is 3.96. The third-order valence-corrected chi connectivity index (χ3v) is 7.42. The molecule has 0 aromatic heterocycles. The van der Waals surface area contributed by atoms with Gasteiger partial charge < -0.3 is 15.1 Å². The minimum Gasteiger partial charge on any atom is -0.355 e. The van der Waals surface area contributed by atoms with E-state index < -0.39 is 10.0 Å². The molecule has 180 valence electrons. The number of hydrogen-bond acceptors (Lipinski definition) is 5. The van der Waals surface area contributed by atoms with E-state index >= 15 is 0 Å². The van der Waals surface area contributed by atoms with Gasteiger partial charge in [0.05, 0.1) is 5.02 Å². The first-order valence-electron chi connectivity index (χ1n) is 10.9. The molecule has 2 amide bonds. The Labute approximate surface area is 196 Å². The van der Waals surface area contributed by atoms with Crippen LogP contribution in [0.5, 0.6) is 0 Å². The van der Waals surface area contributed by atoms with E-state index in [1.807, 2.05) is 14.1 Å². The Morgan fingerprint density at radius 1 is 1.19 bits per heavy atom. The largest absolute Gasteiger partial charge is 0.355 e. The van der Waals surface area contributed by atoms with Crippen LogP contribution in [-0.4, -0.2) is 76.9 Å². The number of rotatable bonds is 10. The monoisotopic (exact) mass is 486 g/mol. The maximum absolute atomic E-state index is 12.5. The van der Waals surface area contributed by atoms with Gasteiger partial charge >= 0.3 is 0 Å². The lowest BCUT2D eigenvalue weighted by Gasteiger charge is -2.33. The zero-order valence-corrected chi connectivity index (χ0v) is 20.9. The quantitative estimate of drug-likeness (QED) is 0.526. The van der Waals surface area contributed by atoms with Crippen LogP contribution >= 0.6 is 11.6 Å². The zero-order valence-electron chi connectivity index (χ0n) is 19.4. The molecule has 1 fully saturated rings. The molecular weight excluding hydrogens is 452 g/mol. The second-order valence-electron chi connectivity index (χ2n) is 9.35. The van der Waals surface area contributed by atoms with Crippen LogP contribution in [0, 0.1) is 11.3 Å². The molecule has 0 atom stereocenters. The number of hydrogen-bond donors (Lipinski definition) is 2. The molecule has 1 heterocycles. The molecule has 0 radical (unpaired) electrons. The highest BCUT2D eigenvalue weighted by Gasteiger charge is 2.29. The van der Waals surface area contributed by atoms with E-state index in [2.05, 4.69) is 28.8 Å². The molecule has 1 aromatic carbocycles. The van der Waals surface area contributed by atoms with Gasteiger partial charge in [-0.1, -0.05) is 37.6 Å². The Hall–Kier alpha value is -1.68. The van der Waals surface area contributed by atoms with Crippen molar-refractivity contribution in [2.45, 2.75) is 38.0 Å². The summed E-state index contributed by atoms with van der Waals surface area (Å²) in [7, 11) is 0.252. The number of amides is 2. The van der Waals surface area contributed by atoms with Crippen LogP contribution in [0.15, 0.2) is 29.2 Å². The molecule has 2 N–H and O–H groups in total. The van der Waals surface area contributed by atoms with Crippen molar-refractivity contribution in [3.8, 4) is 0 Å². The van der Waals surface area contributed by atoms with Crippen LogP contribution in [0.25, 0.3) is 0 Å². The Kier molecular flexibility index (Phi) is 9.51. The SMILES string of the molecule is CN(C)CC(C)(C)CNC(=O)C1CCN(C(=O)CCNS(=O)(=O)c2ccccc2Cl)CC1. The van der Waals surface area contributed by atoms with E-state index in [1.54, 1.807) is 17.0 Å². The molecule has 10 heteroatoms. The lowest BCUT2D eigenvalue weighted by Crippen LogP contribution is -2.46. The Morgan fingerprint density at radius 2 is 1.81 bits per heavy atom. The van der Waals surface area contributed by atoms with E-state index in [-0.39, 0.29) is 46.0 Å². The smallest absolute Gasteiger partial charge is 0.242 e. The van der Waals surface area contributed by atoms with Crippen molar-refractivity contribution in [3.05, 3.63) is 29.3 Å². The highest BCUT2D eigenvalue weighted by atomic mass is 35.5. The van der Waals surface area contributed by atoms with E-state index in [9.17, 15) is 18.0 Å². The number of carbonyl (C=O) groups is 2. The molecule has 32 heavy (non-hydrogen) atoms. The summed E-state index contributed by atoms with van der Waals surface area (Å²) in [5.41, 5.74) is -0.0207. The lowest BCUT2D eigenvalue weighted by atomic mass is 9.91. The van der Waals surface area contributed by atoms with Crippen molar-refractivity contribution >= 4 is 33.4 Å². The van der Waals surface area contributed by atoms with Crippen molar-refractivity contribution in [3.63, 3.8) is 0 Å². The molecule has 0 aliphatic carbocycles. The molecule has 0 bridgehead atoms. The summed E-state index contributed by atoms with van der Waals surface area (Å²) in [5.74, 6) is -0.192. The van der Waals surface area contributed by atoms with Crippen molar-refractivity contribution in [1.82, 2.24) is 19.8 Å². The van der Waals surface area contributed by atoms with Gasteiger partial charge in [-0.25, -0.2) is 13.1 Å². The molecule has 0 saturated carbocycles. The van der Waals surface area contributed by atoms with Gasteiger partial charge in [0.2, 0.25) is 21.8 Å². The third kappa shape index (κ3) is 8.03. The molecule has 1 aromatic rings. The Morgan fingerprint density at radius 3 is 2.41 bits per heavy atom. The van der Waals surface area contributed by atoms with Gasteiger partial charge in [-0.2, -0.15) is 0 Å². The topological polar surface area (TPSA) is 98.8 Å². The fourth-order valence-corrected chi connectivity index (χ4v) is 5.51. The molecule has 1 aliphatic rings. The van der Waals surface area contributed by atoms with E-state index in [1.165, 1.54) is 12.1 Å². The van der Waals surface area contributed by atoms with E-state index in [0.29, 0.717) is 32.5 Å². The van der Waals surface area contributed by atoms with Crippen LogP contribution in [0.4, 0.5) is 0 Å². The van der Waals surface area contributed by atoms with Crippen molar-refractivity contribution < 1.29 is 18.0 Å². The number of nitrogens with one attached hydrogen (secondary N) is 2. The van der Waals surface area contributed by atoms with E-state index in [0.717, 1.165) is 6.54 Å². The number of benzene rings is 1. The number of likely N-dealkylation sites (tertiary alicyclic amines) is 1. The van der Waals surface area contributed by atoms with Gasteiger partial charge in [-0.15, -0.1) is 0 Å². The normalized spacial score (nSPS) is 15.8. The number of piperidine rings is 1. The minimum atomic E-state index is -3.77. The van der Waals surface area contributed by atoms with Crippen LogP contribution in [-0.2, 0) is 19.6 Å². The second kappa shape index (κ2) is 11.4. The van der Waals surface area contributed by atoms with Gasteiger partial charge in [0.25, 0.3) is 0 Å². The summed E-state index contributed by atoms with van der Waals surface area (Å²) < 4.78 is 27.1. The Bertz CT molecular complexity index is 897. The average molecular weight is 487 g/mol. The molecular formula is C22H35ClN4O4S. The Balaban J connectivity index is 1.74. The van der Waals surface area contributed by atoms with Gasteiger partial charge in [0, 0.05) is 45.1 Å². The average Bonchev–Trinajstić information content (AvgIpc) is 2.71. The standard InChI is InChI=1S/C22H35ClN4O4S/c1-22(2,16-26(3)4)15-24-21(29)17-10-13-27(14-11-17)20(28)9-12-25-32(30,31)19-8-6-5-7-18(19)23/h5-8,17,25H,9-16H2,1-4H3,(H,24,29). The van der Waals surface area contributed by atoms with Crippen molar-refractivity contribution in [1.29, 1.82) is 0 Å². The summed E-state index contributed by atoms with van der Waals surface area (Å²) in [6.45, 7) is 6.70. The summed E-state index contributed by atoms with van der Waals surface area (Å²) in [4.78, 5) is 28.8. The number of sulfonamides is 1. The lowest BCUT2D eigenvalue weighted by molar-refractivity contribution is -0.135. The summed E-state index contributed by atoms with van der Waals surface area (Å²) >= 11 is 5.95. The van der Waals surface area contributed by atoms with Crippen molar-refractivity contribution in [2.24, 2.45) is 11.3 Å². The highest BCUT2D eigenvalue weighted by Crippen LogP contribution is 2.21. The fraction of sp³-hybridized carbons (Fsp3) is 0.636. The number of carbonyl (C=O) groups excluding carboxylic acids is 2. The van der Waals surface area contributed by atoms with Crippen LogP contribution in [0.2, 0.25) is 5.02 Å². The molecule has 1 aliphatic heterocycles. The minimum absolute atomic E-state index is 0.00491. The van der Waals surface area contributed by atoms with Gasteiger partial charge in [0.15, 0.2) is 0 Å². The van der Waals surface area contributed by atoms with Crippen LogP contribution in [0.1, 0.15) is 33.1 Å². The van der Waals surface area contributed by atoms with Gasteiger partial charge in [-0.3, -0.25) is 9.59 Å². The summed E-state index contributed by atoms with van der Waals surface area (Å²) in [6, 6.07) is 6.17. The first-order valence-corrected chi connectivity index (χ1v) is 12.7. The van der Waals surface area contributed by atoms with Crippen LogP contribution in [0.3, 0.4) is 0 Å². The first-order chi connectivity index (χ1) is 14.9. The molecule has 0 spiro atoms. The predicted molar refractivity (Wildman–Crippen MR) is 126 cm³/mol. The summed E-state index contributed by atoms with van der Waals surface area (Å²) in [5, 5.41) is 3.19. The zero-order chi connectivity index (χ0) is 23.9. The maximum Gasteiger partial charge on any atom is 0.242 e. The molecule has 1 saturated heterocycles. The summed E-state index contributed by atoms with van der Waals surface area (Å²) in [6.07, 6.45) is 1.27. The maximum atomic E-state index is 12.5. The van der Waals surface area contributed by atoms with Gasteiger partial charge in [-0.05, 0) is 44.5 Å². The third-order valence-electron chi connectivity index (χ3n) is 5.46. The van der Waals surface area contributed by atoms with E-state index in [4.69, 9.17) is 11.6 Å². The molecule has 8 nitrogen and oxygen atoms in total. The predicted octanol–water partition coefficient (Wildman–Crippen LogP) is 1.95. The molecule has 2 rings (SSSR count). The molecule has 0 unspecified atom stereocenters. The first kappa shape index (κ1) is 26.6. The number of halogens is 1. The highest BCUT2D eigenvalue weighted by molar-refractivity contribution is 7.89. The van der Waals surface area contributed by atoms with Crippen molar-refractivity contribution in [2.75, 3.05) is 46.8 Å². The van der Waals surface area contributed by atoms with Crippen LogP contribution < -0.4 is 10.0 Å². The van der Waals surface area contributed by atoms with Gasteiger partial charge in [0.1, 0.15) is 4.90 Å². The second-order valence-corrected chi connectivity index (χ2v) is 11.5. The number of nitrogens with zero attached hydrogens (tertiary/aromatic N) is 2.